The van der Waals surface area contributed by atoms with Crippen molar-refractivity contribution in [3.63, 3.8) is 0 Å². The summed E-state index contributed by atoms with van der Waals surface area (Å²) in [6.45, 7) is 0. The van der Waals surface area contributed by atoms with E-state index in [0.29, 0.717) is 33.3 Å². The first-order chi connectivity index (χ1) is 24.0. The van der Waals surface area contributed by atoms with E-state index < -0.39 is 11.8 Å². The maximum Gasteiger partial charge on any atom is 0.266 e. The van der Waals surface area contributed by atoms with Crippen LogP contribution in [0.5, 0.6) is 0 Å². The minimum atomic E-state index is -1.38. The molecule has 0 aliphatic carbocycles. The minimum Gasteiger partial charge on any atom is -0.462 e. The van der Waals surface area contributed by atoms with E-state index in [0.717, 1.165) is 22.3 Å². The molecule has 8 rings (SSSR count). The number of para-hydroxylation sites is 2. The molecule has 2 amide bonds. The summed E-state index contributed by atoms with van der Waals surface area (Å²) in [7, 11) is 0. The lowest BCUT2D eigenvalue weighted by Crippen LogP contribution is -2.55. The maximum atomic E-state index is 15.5. The second-order valence-corrected chi connectivity index (χ2v) is 12.6. The Morgan fingerprint density at radius 1 is 0.653 bits per heavy atom. The lowest BCUT2D eigenvalue weighted by molar-refractivity contribution is -0.120. The molecule has 2 atom stereocenters. The Bertz CT molecular complexity index is 2190. The molecule has 0 radical (unpaired) electrons. The molecule has 2 unspecified atom stereocenters. The van der Waals surface area contributed by atoms with E-state index in [9.17, 15) is 4.79 Å². The van der Waals surface area contributed by atoms with E-state index in [-0.39, 0.29) is 18.2 Å². The number of amides is 2. The van der Waals surface area contributed by atoms with Crippen LogP contribution in [0, 0.1) is 0 Å². The molecule has 6 aromatic carbocycles. The van der Waals surface area contributed by atoms with Crippen LogP contribution in [0.1, 0.15) is 45.1 Å². The monoisotopic (exact) mass is 658 g/mol. The van der Waals surface area contributed by atoms with Gasteiger partial charge in [-0.25, -0.2) is 0 Å². The summed E-state index contributed by atoms with van der Waals surface area (Å²) >= 11 is 6.65. The van der Waals surface area contributed by atoms with Crippen molar-refractivity contribution in [2.45, 2.75) is 18.2 Å². The van der Waals surface area contributed by atoms with Gasteiger partial charge in [0.05, 0.1) is 23.0 Å². The summed E-state index contributed by atoms with van der Waals surface area (Å²) in [5.74, 6) is 0.0431. The number of carbonyl (C=O) groups excluding carboxylic acids is 2. The van der Waals surface area contributed by atoms with Gasteiger partial charge in [0.1, 0.15) is 5.76 Å². The molecule has 6 aromatic rings. The average molecular weight is 659 g/mol. The molecule has 0 bridgehead atoms. The molecule has 49 heavy (non-hydrogen) atoms. The highest BCUT2D eigenvalue weighted by Crippen LogP contribution is 2.56. The fourth-order valence-electron chi connectivity index (χ4n) is 7.06. The molecule has 6 heteroatoms. The van der Waals surface area contributed by atoms with Crippen LogP contribution in [-0.2, 0) is 15.3 Å². The number of hydrogen-bond acceptors (Lipinski definition) is 3. The van der Waals surface area contributed by atoms with Crippen molar-refractivity contribution in [1.82, 2.24) is 0 Å². The Hall–Kier alpha value is -5.91. The lowest BCUT2D eigenvalue weighted by Gasteiger charge is -2.48. The van der Waals surface area contributed by atoms with Crippen LogP contribution in [0.25, 0.3) is 11.3 Å². The van der Waals surface area contributed by atoms with Gasteiger partial charge in [-0.2, -0.15) is 0 Å². The third-order valence-corrected chi connectivity index (χ3v) is 9.47. The van der Waals surface area contributed by atoms with Crippen molar-refractivity contribution in [2.24, 2.45) is 0 Å². The number of nitrogens with zero attached hydrogens (tertiary/aromatic N) is 2. The number of halogens is 1. The zero-order valence-corrected chi connectivity index (χ0v) is 27.2. The molecule has 2 aliphatic heterocycles. The van der Waals surface area contributed by atoms with Crippen molar-refractivity contribution in [3.8, 4) is 0 Å². The van der Waals surface area contributed by atoms with Gasteiger partial charge in [-0.3, -0.25) is 19.4 Å². The fraction of sp³-hybridized carbons (Fsp3) is 0.0698. The molecule has 238 valence electrons. The van der Waals surface area contributed by atoms with E-state index in [1.165, 1.54) is 0 Å². The zero-order chi connectivity index (χ0) is 33.4. The number of fused-ring (bicyclic) bond motifs is 3. The van der Waals surface area contributed by atoms with Crippen LogP contribution in [-0.4, -0.2) is 11.8 Å². The lowest BCUT2D eigenvalue weighted by atomic mass is 9.86. The van der Waals surface area contributed by atoms with Crippen molar-refractivity contribution < 1.29 is 14.3 Å². The second kappa shape index (κ2) is 12.6. The normalized spacial score (nSPS) is 18.6. The van der Waals surface area contributed by atoms with Gasteiger partial charge in [0, 0.05) is 28.1 Å². The smallest absolute Gasteiger partial charge is 0.266 e. The predicted octanol–water partition coefficient (Wildman–Crippen LogP) is 9.92. The van der Waals surface area contributed by atoms with E-state index in [4.69, 9.17) is 16.3 Å². The van der Waals surface area contributed by atoms with E-state index >= 15 is 4.79 Å². The SMILES string of the molecule is O=C(c1ccccc1)N1c2ccccc2N2C(=O)C(c3ccccc3)=C(c3ccccc3)OC2(c2ccccc2)CC1c1cccc(Cl)c1. The first-order valence-corrected chi connectivity index (χ1v) is 16.6. The number of ether oxygens (including phenoxy) is 1. The van der Waals surface area contributed by atoms with Crippen LogP contribution >= 0.6 is 11.6 Å². The van der Waals surface area contributed by atoms with Gasteiger partial charge in [-0.05, 0) is 47.5 Å². The standard InChI is InChI=1S/C43H31ClN2O3/c44-35-25-15-22-33(28-35)38-29-43(34-23-11-4-12-24-34)46(37-27-14-13-26-36(37)45(38)41(47)32-20-9-3-10-21-32)42(48)39(30-16-5-1-6-17-30)40(49-43)31-18-7-2-8-19-31/h1-28,38H,29H2. The predicted molar refractivity (Wildman–Crippen MR) is 195 cm³/mol. The second-order valence-electron chi connectivity index (χ2n) is 12.1. The highest BCUT2D eigenvalue weighted by atomic mass is 35.5. The van der Waals surface area contributed by atoms with Crippen molar-refractivity contribution in [2.75, 3.05) is 9.80 Å². The highest BCUT2D eigenvalue weighted by molar-refractivity contribution is 6.33. The maximum absolute atomic E-state index is 15.5. The number of carbonyl (C=O) groups is 2. The topological polar surface area (TPSA) is 49.9 Å². The summed E-state index contributed by atoms with van der Waals surface area (Å²) in [6.07, 6.45) is 0.203. The van der Waals surface area contributed by atoms with Gasteiger partial charge < -0.3 is 4.74 Å². The van der Waals surface area contributed by atoms with Crippen molar-refractivity contribution in [1.29, 1.82) is 0 Å². The average Bonchev–Trinajstić information content (AvgIpc) is 3.29. The Morgan fingerprint density at radius 2 is 1.22 bits per heavy atom. The van der Waals surface area contributed by atoms with Crippen LogP contribution in [0.4, 0.5) is 11.4 Å². The number of rotatable bonds is 5. The van der Waals surface area contributed by atoms with Gasteiger partial charge in [-0.15, -0.1) is 0 Å². The Labute approximate surface area is 290 Å². The van der Waals surface area contributed by atoms with Crippen LogP contribution in [0.15, 0.2) is 170 Å². The first-order valence-electron chi connectivity index (χ1n) is 16.2. The largest absolute Gasteiger partial charge is 0.462 e. The molecule has 0 fully saturated rings. The van der Waals surface area contributed by atoms with Crippen molar-refractivity contribution in [3.05, 3.63) is 203 Å². The number of hydrogen-bond donors (Lipinski definition) is 0. The Kier molecular flexibility index (Phi) is 7.83. The van der Waals surface area contributed by atoms with Gasteiger partial charge >= 0.3 is 0 Å². The van der Waals surface area contributed by atoms with E-state index in [2.05, 4.69) is 0 Å². The highest BCUT2D eigenvalue weighted by Gasteiger charge is 2.56. The quantitative estimate of drug-likeness (QED) is 0.185. The summed E-state index contributed by atoms with van der Waals surface area (Å²) in [5, 5.41) is 0.546. The summed E-state index contributed by atoms with van der Waals surface area (Å²) in [6, 6.07) is 53.0. The zero-order valence-electron chi connectivity index (χ0n) is 26.4. The third-order valence-electron chi connectivity index (χ3n) is 9.24. The molecule has 0 N–H and O–H groups in total. The van der Waals surface area contributed by atoms with E-state index in [1.54, 1.807) is 9.80 Å². The third kappa shape index (κ3) is 5.29. The molecule has 0 aromatic heterocycles. The molecule has 2 aliphatic rings. The molecular formula is C43H31ClN2O3. The summed E-state index contributed by atoms with van der Waals surface area (Å²) < 4.78 is 7.45. The number of benzene rings is 6. The van der Waals surface area contributed by atoms with E-state index in [1.807, 2.05) is 170 Å². The van der Waals surface area contributed by atoms with Crippen LogP contribution in [0.2, 0.25) is 5.02 Å². The van der Waals surface area contributed by atoms with Crippen LogP contribution in [0.3, 0.4) is 0 Å². The molecule has 2 heterocycles. The molecule has 0 saturated heterocycles. The molecule has 0 saturated carbocycles. The first kappa shape index (κ1) is 30.4. The molecular weight excluding hydrogens is 628 g/mol. The van der Waals surface area contributed by atoms with Crippen LogP contribution < -0.4 is 9.80 Å². The molecule has 0 spiro atoms. The summed E-state index contributed by atoms with van der Waals surface area (Å²) in [4.78, 5) is 33.9. The van der Waals surface area contributed by atoms with Gasteiger partial charge in [0.25, 0.3) is 11.8 Å². The minimum absolute atomic E-state index is 0.201. The summed E-state index contributed by atoms with van der Waals surface area (Å²) in [5.41, 5.74) is 3.85. The van der Waals surface area contributed by atoms with Gasteiger partial charge in [-0.1, -0.05) is 145 Å². The fourth-order valence-corrected chi connectivity index (χ4v) is 7.26. The Balaban J connectivity index is 1.47. The van der Waals surface area contributed by atoms with Gasteiger partial charge in [0.2, 0.25) is 5.72 Å². The Morgan fingerprint density at radius 3 is 1.88 bits per heavy atom. The molecule has 5 nitrogen and oxygen atoms in total. The van der Waals surface area contributed by atoms with Crippen molar-refractivity contribution >= 4 is 46.1 Å². The van der Waals surface area contributed by atoms with Gasteiger partial charge in [0.15, 0.2) is 0 Å². The number of anilines is 2.